The van der Waals surface area contributed by atoms with Crippen LogP contribution in [0, 0.1) is 12.3 Å². The van der Waals surface area contributed by atoms with Gasteiger partial charge in [0.2, 0.25) is 11.8 Å². The Kier molecular flexibility index (Phi) is 9.68. The van der Waals surface area contributed by atoms with E-state index in [4.69, 9.17) is 11.2 Å². The Balaban J connectivity index is 2.40. The lowest BCUT2D eigenvalue weighted by atomic mass is 9.92. The van der Waals surface area contributed by atoms with Gasteiger partial charge in [-0.3, -0.25) is 9.59 Å². The van der Waals surface area contributed by atoms with E-state index in [0.29, 0.717) is 24.1 Å². The normalized spacial score (nSPS) is 12.1. The fourth-order valence-electron chi connectivity index (χ4n) is 3.61. The lowest BCUT2D eigenvalue weighted by molar-refractivity contribution is -0.146. The molecule has 36 heavy (non-hydrogen) atoms. The Morgan fingerprint density at radius 3 is 2.11 bits per heavy atom. The van der Waals surface area contributed by atoms with Crippen LogP contribution in [-0.4, -0.2) is 40.5 Å². The highest BCUT2D eigenvalue weighted by atomic mass is 16.6. The van der Waals surface area contributed by atoms with E-state index in [9.17, 15) is 14.4 Å². The molecule has 2 aromatic rings. The summed E-state index contributed by atoms with van der Waals surface area (Å²) in [6.45, 7) is 11.0. The van der Waals surface area contributed by atoms with Crippen molar-refractivity contribution in [1.29, 1.82) is 0 Å². The first kappa shape index (κ1) is 28.4. The number of rotatable bonds is 9. The highest BCUT2D eigenvalue weighted by Crippen LogP contribution is 2.31. The summed E-state index contributed by atoms with van der Waals surface area (Å²) in [7, 11) is 0. The first-order chi connectivity index (χ1) is 16.9. The molecule has 7 heteroatoms. The van der Waals surface area contributed by atoms with E-state index in [1.807, 2.05) is 51.1 Å². The molecule has 7 nitrogen and oxygen atoms in total. The predicted octanol–water partition coefficient (Wildman–Crippen LogP) is 4.57. The molecule has 2 aromatic carbocycles. The highest BCUT2D eigenvalue weighted by Gasteiger charge is 2.40. The molecule has 0 bridgehead atoms. The van der Waals surface area contributed by atoms with Crippen LogP contribution < -0.4 is 10.6 Å². The number of nitrogens with zero attached hydrogens (tertiary/aromatic N) is 1. The van der Waals surface area contributed by atoms with Crippen LogP contribution in [0.15, 0.2) is 54.6 Å². The van der Waals surface area contributed by atoms with E-state index in [0.717, 1.165) is 5.56 Å². The molecule has 0 saturated carbocycles. The van der Waals surface area contributed by atoms with Gasteiger partial charge in [0.1, 0.15) is 18.2 Å². The maximum Gasteiger partial charge on any atom is 0.408 e. The predicted molar refractivity (Wildman–Crippen MR) is 141 cm³/mol. The molecule has 2 rings (SSSR count). The zero-order chi connectivity index (χ0) is 26.9. The first-order valence-electron chi connectivity index (χ1n) is 12.0. The van der Waals surface area contributed by atoms with Gasteiger partial charge >= 0.3 is 6.09 Å². The summed E-state index contributed by atoms with van der Waals surface area (Å²) in [5, 5.41) is 5.49. The monoisotopic (exact) mass is 491 g/mol. The summed E-state index contributed by atoms with van der Waals surface area (Å²) in [6.07, 6.45) is 5.39. The number of nitrogens with one attached hydrogen (secondary N) is 2. The van der Waals surface area contributed by atoms with Crippen molar-refractivity contribution in [3.8, 4) is 12.3 Å². The Bertz CT molecular complexity index is 1080. The second-order valence-corrected chi connectivity index (χ2v) is 10.2. The Morgan fingerprint density at radius 2 is 1.58 bits per heavy atom. The zero-order valence-corrected chi connectivity index (χ0v) is 22.1. The maximum atomic E-state index is 13.6. The summed E-state index contributed by atoms with van der Waals surface area (Å²) in [5.74, 6) is 1.83. The van der Waals surface area contributed by atoms with E-state index in [2.05, 4.69) is 16.6 Å². The molecule has 1 unspecified atom stereocenters. The van der Waals surface area contributed by atoms with Gasteiger partial charge < -0.3 is 20.3 Å². The molecule has 2 N–H and O–H groups in total. The molecule has 3 amide bonds. The Labute approximate surface area is 214 Å². The van der Waals surface area contributed by atoms with Crippen LogP contribution >= 0.6 is 0 Å². The van der Waals surface area contributed by atoms with Crippen molar-refractivity contribution in [2.24, 2.45) is 0 Å². The number of carbonyl (C=O) groups is 3. The summed E-state index contributed by atoms with van der Waals surface area (Å²) in [5.41, 5.74) is 0.819. The van der Waals surface area contributed by atoms with Gasteiger partial charge in [-0.05, 0) is 64.3 Å². The second kappa shape index (κ2) is 12.3. The summed E-state index contributed by atoms with van der Waals surface area (Å²) in [6, 6.07) is 15.6. The molecular formula is C29H37N3O4. The number of terminal acetylenes is 1. The van der Waals surface area contributed by atoms with Gasteiger partial charge in [-0.2, -0.15) is 0 Å². The topological polar surface area (TPSA) is 87.7 Å². The number of benzene rings is 2. The average Bonchev–Trinajstić information content (AvgIpc) is 2.84. The molecule has 0 aliphatic heterocycles. The molecule has 0 radical (unpaired) electrons. The number of hydrogen-bond donors (Lipinski definition) is 2. The van der Waals surface area contributed by atoms with Crippen LogP contribution in [0.2, 0.25) is 0 Å². The van der Waals surface area contributed by atoms with E-state index >= 15 is 0 Å². The van der Waals surface area contributed by atoms with Gasteiger partial charge in [-0.25, -0.2) is 4.79 Å². The largest absolute Gasteiger partial charge is 0.444 e. The molecule has 192 valence electrons. The lowest BCUT2D eigenvalue weighted by Gasteiger charge is -2.43. The first-order valence-corrected chi connectivity index (χ1v) is 12.0. The van der Waals surface area contributed by atoms with Crippen molar-refractivity contribution in [2.75, 3.05) is 6.54 Å². The van der Waals surface area contributed by atoms with Crippen molar-refractivity contribution in [2.45, 2.75) is 71.7 Å². The van der Waals surface area contributed by atoms with Crippen molar-refractivity contribution in [3.63, 3.8) is 0 Å². The number of amides is 3. The minimum absolute atomic E-state index is 0.309. The van der Waals surface area contributed by atoms with E-state index < -0.39 is 29.2 Å². The summed E-state index contributed by atoms with van der Waals surface area (Å²) in [4.78, 5) is 41.0. The van der Waals surface area contributed by atoms with Gasteiger partial charge in [-0.1, -0.05) is 55.3 Å². The Morgan fingerprint density at radius 1 is 0.972 bits per heavy atom. The maximum absolute atomic E-state index is 13.6. The van der Waals surface area contributed by atoms with Crippen LogP contribution in [0.1, 0.15) is 70.7 Å². The highest BCUT2D eigenvalue weighted by molar-refractivity contribution is 5.91. The minimum Gasteiger partial charge on any atom is -0.444 e. The van der Waals surface area contributed by atoms with Crippen molar-refractivity contribution >= 4 is 17.9 Å². The van der Waals surface area contributed by atoms with Crippen molar-refractivity contribution < 1.29 is 19.1 Å². The molecule has 0 fully saturated rings. The number of ether oxygens (including phenoxy) is 1. The molecular weight excluding hydrogens is 454 g/mol. The Hall–Kier alpha value is -3.79. The molecule has 0 aliphatic rings. The quantitative estimate of drug-likeness (QED) is 0.503. The third-order valence-corrected chi connectivity index (χ3v) is 5.78. The van der Waals surface area contributed by atoms with Gasteiger partial charge in [0.05, 0.1) is 0 Å². The molecule has 0 aromatic heterocycles. The van der Waals surface area contributed by atoms with E-state index in [1.165, 1.54) is 4.90 Å². The van der Waals surface area contributed by atoms with Crippen LogP contribution in [-0.2, 0) is 20.9 Å². The minimum atomic E-state index is -0.941. The molecule has 1 atom stereocenters. The van der Waals surface area contributed by atoms with Gasteiger partial charge in [0, 0.05) is 17.6 Å². The average molecular weight is 492 g/mol. The van der Waals surface area contributed by atoms with Crippen LogP contribution in [0.25, 0.3) is 0 Å². The van der Waals surface area contributed by atoms with E-state index in [1.54, 1.807) is 45.0 Å². The second-order valence-electron chi connectivity index (χ2n) is 10.2. The molecule has 0 spiro atoms. The number of hydrogen-bond acceptors (Lipinski definition) is 4. The van der Waals surface area contributed by atoms with Crippen LogP contribution in [0.5, 0.6) is 0 Å². The lowest BCUT2D eigenvalue weighted by Crippen LogP contribution is -2.56. The third kappa shape index (κ3) is 8.16. The zero-order valence-electron chi connectivity index (χ0n) is 22.1. The third-order valence-electron chi connectivity index (χ3n) is 5.78. The van der Waals surface area contributed by atoms with E-state index in [-0.39, 0.29) is 12.5 Å². The summed E-state index contributed by atoms with van der Waals surface area (Å²) >= 11 is 0. The van der Waals surface area contributed by atoms with Crippen LogP contribution in [0.3, 0.4) is 0 Å². The molecule has 0 saturated heterocycles. The standard InChI is InChI=1S/C29H37N3O4/c1-8-21-15-17-23(18-16-21)25(26(34)30-19-22-13-11-10-12-14-22)32(29(6,7)9-2)24(33)20-31-27(35)36-28(3,4)5/h1,10-18,25H,9,19-20H2,2-7H3,(H,30,34)(H,31,35). The number of alkyl carbamates (subject to hydrolysis) is 1. The SMILES string of the molecule is C#Cc1ccc(C(C(=O)NCc2ccccc2)N(C(=O)CNC(=O)OC(C)(C)C)C(C)(C)CC)cc1. The van der Waals surface area contributed by atoms with Gasteiger partial charge in [0.15, 0.2) is 0 Å². The van der Waals surface area contributed by atoms with Crippen molar-refractivity contribution in [3.05, 3.63) is 71.3 Å². The fraction of sp³-hybridized carbons (Fsp3) is 0.414. The van der Waals surface area contributed by atoms with Gasteiger partial charge in [-0.15, -0.1) is 6.42 Å². The summed E-state index contributed by atoms with van der Waals surface area (Å²) < 4.78 is 5.27. The smallest absolute Gasteiger partial charge is 0.408 e. The molecule has 0 heterocycles. The molecule has 0 aliphatic carbocycles. The van der Waals surface area contributed by atoms with Gasteiger partial charge in [0.25, 0.3) is 0 Å². The van der Waals surface area contributed by atoms with Crippen molar-refractivity contribution in [1.82, 2.24) is 15.5 Å². The van der Waals surface area contributed by atoms with Crippen LogP contribution in [0.4, 0.5) is 4.79 Å². The number of carbonyl (C=O) groups excluding carboxylic acids is 3. The fourth-order valence-corrected chi connectivity index (χ4v) is 3.61.